The van der Waals surface area contributed by atoms with Gasteiger partial charge < -0.3 is 10.2 Å². The number of carbonyl (C=O) groups is 2. The molecule has 2 aliphatic heterocycles. The molecule has 0 aliphatic carbocycles. The number of likely N-dealkylation sites (tertiary alicyclic amines) is 2. The molecule has 1 N–H and O–H groups in total. The lowest BCUT2D eigenvalue weighted by Gasteiger charge is -2.41. The summed E-state index contributed by atoms with van der Waals surface area (Å²) in [6, 6.07) is 20.8. The topological polar surface area (TPSA) is 52.7 Å². The average molecular weight is 606 g/mol. The molecule has 2 amide bonds. The zero-order valence-corrected chi connectivity index (χ0v) is 26.0. The predicted molar refractivity (Wildman–Crippen MR) is 167 cm³/mol. The third-order valence-electron chi connectivity index (χ3n) is 9.05. The number of benzene rings is 3. The van der Waals surface area contributed by atoms with Crippen molar-refractivity contribution in [1.82, 2.24) is 9.80 Å². The van der Waals surface area contributed by atoms with E-state index in [0.717, 1.165) is 22.3 Å². The summed E-state index contributed by atoms with van der Waals surface area (Å²) in [6.45, 7) is 9.38. The van der Waals surface area contributed by atoms with Crippen molar-refractivity contribution in [2.45, 2.75) is 83.6 Å². The second-order valence-electron chi connectivity index (χ2n) is 13.2. The largest absolute Gasteiger partial charge is 0.404 e. The Morgan fingerprint density at radius 3 is 2.27 bits per heavy atom. The van der Waals surface area contributed by atoms with Crippen LogP contribution in [0.4, 0.5) is 18.9 Å². The molecule has 2 fully saturated rings. The van der Waals surface area contributed by atoms with Crippen LogP contribution in [0.1, 0.15) is 85.1 Å². The Morgan fingerprint density at radius 1 is 0.886 bits per heavy atom. The maximum atomic E-state index is 14.0. The van der Waals surface area contributed by atoms with Crippen LogP contribution in [-0.4, -0.2) is 46.9 Å². The van der Waals surface area contributed by atoms with Crippen LogP contribution < -0.4 is 5.32 Å². The lowest BCUT2D eigenvalue weighted by molar-refractivity contribution is -0.177. The molecule has 3 aromatic rings. The summed E-state index contributed by atoms with van der Waals surface area (Å²) in [6.07, 6.45) is -2.32. The summed E-state index contributed by atoms with van der Waals surface area (Å²) >= 11 is 0. The lowest BCUT2D eigenvalue weighted by atomic mass is 9.83. The SMILES string of the molecule is Cc1ccccc1C(=O)N1CCCC(C(=O)Nc2cccc(C(C)(C)C)c2)[C@@H]1c1ccc(CN2CCCC2C(F)(F)F)cc1. The molecule has 2 heterocycles. The van der Waals surface area contributed by atoms with Gasteiger partial charge in [0.05, 0.1) is 12.0 Å². The van der Waals surface area contributed by atoms with Gasteiger partial charge in [-0.25, -0.2) is 0 Å². The van der Waals surface area contributed by atoms with Gasteiger partial charge in [-0.1, -0.05) is 75.4 Å². The summed E-state index contributed by atoms with van der Waals surface area (Å²) in [7, 11) is 0. The number of alkyl halides is 3. The fourth-order valence-electron chi connectivity index (χ4n) is 6.62. The molecule has 0 bridgehead atoms. The molecule has 2 aliphatic rings. The van der Waals surface area contributed by atoms with Crippen molar-refractivity contribution in [2.24, 2.45) is 5.92 Å². The average Bonchev–Trinajstić information content (AvgIpc) is 3.46. The Labute approximate surface area is 258 Å². The second kappa shape index (κ2) is 12.8. The standard InChI is InChI=1S/C36H42F3N3O2/c1-24-10-5-6-13-29(24)34(44)42-21-8-14-30(33(43)40-28-12-7-11-27(22-28)35(2,3)4)32(42)26-18-16-25(17-19-26)23-41-20-9-15-31(41)36(37,38)39/h5-7,10-13,16-19,22,30-32H,8-9,14-15,20-21,23H2,1-4H3,(H,40,43)/t30?,31?,32-/m0/s1. The van der Waals surface area contributed by atoms with Gasteiger partial charge in [-0.05, 0) is 85.0 Å². The highest BCUT2D eigenvalue weighted by atomic mass is 19.4. The van der Waals surface area contributed by atoms with E-state index in [9.17, 15) is 22.8 Å². The fraction of sp³-hybridized carbons (Fsp3) is 0.444. The van der Waals surface area contributed by atoms with Crippen LogP contribution in [0.3, 0.4) is 0 Å². The minimum Gasteiger partial charge on any atom is -0.331 e. The molecule has 44 heavy (non-hydrogen) atoms. The maximum absolute atomic E-state index is 14.0. The molecule has 5 nitrogen and oxygen atoms in total. The van der Waals surface area contributed by atoms with Crippen molar-refractivity contribution >= 4 is 17.5 Å². The number of anilines is 1. The first-order valence-corrected chi connectivity index (χ1v) is 15.5. The number of nitrogens with zero attached hydrogens (tertiary/aromatic N) is 2. The number of amides is 2. The van der Waals surface area contributed by atoms with Gasteiger partial charge in [-0.2, -0.15) is 13.2 Å². The Balaban J connectivity index is 1.44. The smallest absolute Gasteiger partial charge is 0.331 e. The Kier molecular flexibility index (Phi) is 9.21. The van der Waals surface area contributed by atoms with Crippen LogP contribution in [0.2, 0.25) is 0 Å². The van der Waals surface area contributed by atoms with Crippen molar-refractivity contribution < 1.29 is 22.8 Å². The number of halogens is 3. The van der Waals surface area contributed by atoms with Crippen molar-refractivity contribution in [1.29, 1.82) is 0 Å². The first-order chi connectivity index (χ1) is 20.8. The molecule has 2 saturated heterocycles. The van der Waals surface area contributed by atoms with Crippen molar-refractivity contribution in [3.63, 3.8) is 0 Å². The molecule has 0 radical (unpaired) electrons. The van der Waals surface area contributed by atoms with Crippen LogP contribution in [0.25, 0.3) is 0 Å². The fourth-order valence-corrected chi connectivity index (χ4v) is 6.62. The lowest BCUT2D eigenvalue weighted by Crippen LogP contribution is -2.46. The van der Waals surface area contributed by atoms with Gasteiger partial charge in [-0.15, -0.1) is 0 Å². The molecule has 2 unspecified atom stereocenters. The summed E-state index contributed by atoms with van der Waals surface area (Å²) in [5, 5.41) is 3.12. The highest BCUT2D eigenvalue weighted by Crippen LogP contribution is 2.39. The zero-order valence-electron chi connectivity index (χ0n) is 26.0. The minimum absolute atomic E-state index is 0.0815. The van der Waals surface area contributed by atoms with E-state index in [2.05, 4.69) is 26.1 Å². The van der Waals surface area contributed by atoms with E-state index >= 15 is 0 Å². The van der Waals surface area contributed by atoms with Crippen molar-refractivity contribution in [2.75, 3.05) is 18.4 Å². The van der Waals surface area contributed by atoms with Gasteiger partial charge in [0.1, 0.15) is 6.04 Å². The van der Waals surface area contributed by atoms with E-state index in [1.165, 1.54) is 4.90 Å². The molecule has 5 rings (SSSR count). The molecule has 0 spiro atoms. The van der Waals surface area contributed by atoms with Crippen molar-refractivity contribution in [3.8, 4) is 0 Å². The normalized spacial score (nSPS) is 21.3. The molecule has 0 saturated carbocycles. The van der Waals surface area contributed by atoms with Gasteiger partial charge in [0, 0.05) is 24.3 Å². The summed E-state index contributed by atoms with van der Waals surface area (Å²) in [5.41, 5.74) is 4.77. The molecule has 234 valence electrons. The molecular formula is C36H42F3N3O2. The van der Waals surface area contributed by atoms with Crippen LogP contribution in [0, 0.1) is 12.8 Å². The van der Waals surface area contributed by atoms with Gasteiger partial charge in [0.25, 0.3) is 5.91 Å². The Hall–Kier alpha value is -3.65. The van der Waals surface area contributed by atoms with Gasteiger partial charge >= 0.3 is 6.18 Å². The third-order valence-corrected chi connectivity index (χ3v) is 9.05. The second-order valence-corrected chi connectivity index (χ2v) is 13.2. The molecule has 3 atom stereocenters. The monoisotopic (exact) mass is 605 g/mol. The van der Waals surface area contributed by atoms with Gasteiger partial charge in [0.15, 0.2) is 0 Å². The van der Waals surface area contributed by atoms with Crippen LogP contribution in [0.5, 0.6) is 0 Å². The first-order valence-electron chi connectivity index (χ1n) is 15.5. The highest BCUT2D eigenvalue weighted by molar-refractivity contribution is 5.98. The van der Waals surface area contributed by atoms with Crippen LogP contribution in [0.15, 0.2) is 72.8 Å². The van der Waals surface area contributed by atoms with Crippen molar-refractivity contribution in [3.05, 3.63) is 101 Å². The Morgan fingerprint density at radius 2 is 1.59 bits per heavy atom. The summed E-state index contributed by atoms with van der Waals surface area (Å²) in [4.78, 5) is 31.2. The molecule has 3 aromatic carbocycles. The number of carbonyl (C=O) groups excluding carboxylic acids is 2. The van der Waals surface area contributed by atoms with E-state index in [1.807, 2.05) is 79.7 Å². The maximum Gasteiger partial charge on any atom is 0.404 e. The van der Waals surface area contributed by atoms with Crippen LogP contribution in [-0.2, 0) is 16.8 Å². The number of aryl methyl sites for hydroxylation is 1. The highest BCUT2D eigenvalue weighted by Gasteiger charge is 2.46. The predicted octanol–water partition coefficient (Wildman–Crippen LogP) is 8.05. The molecule has 0 aromatic heterocycles. The van der Waals surface area contributed by atoms with E-state index in [1.54, 1.807) is 4.90 Å². The number of rotatable bonds is 6. The summed E-state index contributed by atoms with van der Waals surface area (Å²) in [5.74, 6) is -0.791. The Bertz CT molecular complexity index is 1480. The zero-order chi connectivity index (χ0) is 31.6. The number of nitrogens with one attached hydrogen (secondary N) is 1. The summed E-state index contributed by atoms with van der Waals surface area (Å²) < 4.78 is 40.6. The van der Waals surface area contributed by atoms with Gasteiger partial charge in [-0.3, -0.25) is 14.5 Å². The number of piperidine rings is 1. The quantitative estimate of drug-likeness (QED) is 0.309. The van der Waals surface area contributed by atoms with Gasteiger partial charge in [0.2, 0.25) is 5.91 Å². The number of hydrogen-bond acceptors (Lipinski definition) is 3. The third kappa shape index (κ3) is 7.01. The van der Waals surface area contributed by atoms with E-state index in [-0.39, 0.29) is 30.2 Å². The van der Waals surface area contributed by atoms with E-state index in [4.69, 9.17) is 0 Å². The minimum atomic E-state index is -4.25. The number of hydrogen-bond donors (Lipinski definition) is 1. The first kappa shape index (κ1) is 31.8. The molecule has 8 heteroatoms. The van der Waals surface area contributed by atoms with Crippen LogP contribution >= 0.6 is 0 Å². The van der Waals surface area contributed by atoms with E-state index in [0.29, 0.717) is 43.6 Å². The van der Waals surface area contributed by atoms with E-state index < -0.39 is 24.2 Å². The molecular weight excluding hydrogens is 563 g/mol.